The molecule has 5 heteroatoms. The highest BCUT2D eigenvalue weighted by molar-refractivity contribution is 9.10. The third-order valence-corrected chi connectivity index (χ3v) is 5.10. The van der Waals surface area contributed by atoms with E-state index in [1.165, 1.54) is 25.7 Å². The number of hydrogen-bond donors (Lipinski definition) is 0. The molecule has 98 valence electrons. The monoisotopic (exact) mass is 330 g/mol. The van der Waals surface area contributed by atoms with Crippen molar-refractivity contribution in [3.63, 3.8) is 0 Å². The Morgan fingerprint density at radius 2 is 1.89 bits per heavy atom. The maximum atomic E-state index is 6.22. The lowest BCUT2D eigenvalue weighted by Crippen LogP contribution is -2.09. The minimum absolute atomic E-state index is 0.0377. The maximum Gasteiger partial charge on any atom is 0.159 e. The van der Waals surface area contributed by atoms with Gasteiger partial charge < -0.3 is 4.74 Å². The lowest BCUT2D eigenvalue weighted by molar-refractivity contribution is 0.104. The van der Waals surface area contributed by atoms with Crippen LogP contribution in [0.25, 0.3) is 0 Å². The first-order chi connectivity index (χ1) is 8.75. The predicted octanol–water partition coefficient (Wildman–Crippen LogP) is 4.40. The molecule has 1 saturated heterocycles. The number of aromatic nitrogens is 2. The van der Waals surface area contributed by atoms with Crippen LogP contribution in [0.3, 0.4) is 0 Å². The number of halogens is 2. The molecular weight excluding hydrogens is 316 g/mol. The van der Waals surface area contributed by atoms with Crippen molar-refractivity contribution in [3.8, 4) is 0 Å². The Labute approximate surface area is 120 Å². The van der Waals surface area contributed by atoms with E-state index in [0.717, 1.165) is 35.4 Å². The molecular formula is C13H16BrClN2O. The van der Waals surface area contributed by atoms with E-state index in [4.69, 9.17) is 21.3 Å². The van der Waals surface area contributed by atoms with Crippen LogP contribution in [-0.2, 0) is 4.74 Å². The van der Waals surface area contributed by atoms with Crippen LogP contribution in [0.15, 0.2) is 4.47 Å². The SMILES string of the molecule is Clc1nc(C2CCCO2)nc(C2CCCC2)c1Br. The smallest absolute Gasteiger partial charge is 0.159 e. The summed E-state index contributed by atoms with van der Waals surface area (Å²) in [6.45, 7) is 0.806. The topological polar surface area (TPSA) is 35.0 Å². The predicted molar refractivity (Wildman–Crippen MR) is 73.9 cm³/mol. The van der Waals surface area contributed by atoms with Crippen LogP contribution >= 0.6 is 27.5 Å². The molecule has 2 aliphatic rings. The summed E-state index contributed by atoms with van der Waals surface area (Å²) in [7, 11) is 0. The zero-order chi connectivity index (χ0) is 12.5. The molecule has 3 nitrogen and oxygen atoms in total. The Hall–Kier alpha value is -0.190. The molecule has 1 aliphatic carbocycles. The Morgan fingerprint density at radius 1 is 1.11 bits per heavy atom. The molecule has 0 N–H and O–H groups in total. The van der Waals surface area contributed by atoms with Gasteiger partial charge in [0.15, 0.2) is 5.82 Å². The minimum atomic E-state index is 0.0377. The largest absolute Gasteiger partial charge is 0.370 e. The third-order valence-electron chi connectivity index (χ3n) is 3.81. The summed E-state index contributed by atoms with van der Waals surface area (Å²) in [5, 5.41) is 0.525. The fourth-order valence-corrected chi connectivity index (χ4v) is 3.53. The normalized spacial score (nSPS) is 24.9. The van der Waals surface area contributed by atoms with Crippen LogP contribution in [0.5, 0.6) is 0 Å². The van der Waals surface area contributed by atoms with Crippen molar-refractivity contribution < 1.29 is 4.74 Å². The quantitative estimate of drug-likeness (QED) is 0.753. The third kappa shape index (κ3) is 2.43. The van der Waals surface area contributed by atoms with Gasteiger partial charge in [0.25, 0.3) is 0 Å². The summed E-state index contributed by atoms with van der Waals surface area (Å²) in [4.78, 5) is 9.10. The molecule has 3 rings (SSSR count). The van der Waals surface area contributed by atoms with Crippen molar-refractivity contribution in [2.24, 2.45) is 0 Å². The highest BCUT2D eigenvalue weighted by atomic mass is 79.9. The highest BCUT2D eigenvalue weighted by Gasteiger charge is 2.27. The first kappa shape index (κ1) is 12.8. The number of hydrogen-bond acceptors (Lipinski definition) is 3. The van der Waals surface area contributed by atoms with Crippen LogP contribution in [0.2, 0.25) is 5.15 Å². The van der Waals surface area contributed by atoms with Crippen molar-refractivity contribution in [1.82, 2.24) is 9.97 Å². The van der Waals surface area contributed by atoms with Crippen LogP contribution in [0.4, 0.5) is 0 Å². The average molecular weight is 332 g/mol. The summed E-state index contributed by atoms with van der Waals surface area (Å²) in [6, 6.07) is 0. The van der Waals surface area contributed by atoms with E-state index >= 15 is 0 Å². The van der Waals surface area contributed by atoms with Gasteiger partial charge in [0.2, 0.25) is 0 Å². The van der Waals surface area contributed by atoms with Gasteiger partial charge in [-0.2, -0.15) is 0 Å². The fraction of sp³-hybridized carbons (Fsp3) is 0.692. The summed E-state index contributed by atoms with van der Waals surface area (Å²) < 4.78 is 6.53. The van der Waals surface area contributed by atoms with Gasteiger partial charge in [-0.15, -0.1) is 0 Å². The van der Waals surface area contributed by atoms with Gasteiger partial charge in [-0.1, -0.05) is 24.4 Å². The van der Waals surface area contributed by atoms with Crippen molar-refractivity contribution in [3.05, 3.63) is 21.1 Å². The van der Waals surface area contributed by atoms with Crippen molar-refractivity contribution in [2.45, 2.75) is 50.5 Å². The van der Waals surface area contributed by atoms with E-state index in [-0.39, 0.29) is 6.10 Å². The van der Waals surface area contributed by atoms with Crippen LogP contribution < -0.4 is 0 Å². The van der Waals surface area contributed by atoms with Gasteiger partial charge in [0, 0.05) is 12.5 Å². The molecule has 0 radical (unpaired) electrons. The summed E-state index contributed by atoms with van der Waals surface area (Å²) in [5.74, 6) is 1.29. The van der Waals surface area contributed by atoms with Crippen molar-refractivity contribution in [2.75, 3.05) is 6.61 Å². The van der Waals surface area contributed by atoms with E-state index < -0.39 is 0 Å². The lowest BCUT2D eigenvalue weighted by atomic mass is 10.0. The van der Waals surface area contributed by atoms with Gasteiger partial charge >= 0.3 is 0 Å². The fourth-order valence-electron chi connectivity index (χ4n) is 2.85. The number of rotatable bonds is 2. The molecule has 1 unspecified atom stereocenters. The molecule has 0 amide bonds. The van der Waals surface area contributed by atoms with E-state index in [1.54, 1.807) is 0 Å². The van der Waals surface area contributed by atoms with E-state index in [2.05, 4.69) is 20.9 Å². The van der Waals surface area contributed by atoms with Crippen molar-refractivity contribution in [1.29, 1.82) is 0 Å². The molecule has 1 aromatic rings. The zero-order valence-electron chi connectivity index (χ0n) is 10.2. The van der Waals surface area contributed by atoms with Crippen LogP contribution in [0, 0.1) is 0 Å². The van der Waals surface area contributed by atoms with E-state index in [9.17, 15) is 0 Å². The molecule has 0 spiro atoms. The van der Waals surface area contributed by atoms with Gasteiger partial charge in [0.05, 0.1) is 10.2 Å². The van der Waals surface area contributed by atoms with E-state index in [1.807, 2.05) is 0 Å². The lowest BCUT2D eigenvalue weighted by Gasteiger charge is -2.15. The summed E-state index contributed by atoms with van der Waals surface area (Å²) in [5.41, 5.74) is 1.08. The van der Waals surface area contributed by atoms with Gasteiger partial charge in [-0.05, 0) is 41.6 Å². The van der Waals surface area contributed by atoms with E-state index in [0.29, 0.717) is 11.1 Å². The van der Waals surface area contributed by atoms with Crippen molar-refractivity contribution >= 4 is 27.5 Å². The molecule has 2 heterocycles. The summed E-state index contributed by atoms with van der Waals surface area (Å²) >= 11 is 9.76. The Balaban J connectivity index is 1.95. The molecule has 1 aromatic heterocycles. The number of nitrogens with zero attached hydrogens (tertiary/aromatic N) is 2. The van der Waals surface area contributed by atoms with Crippen LogP contribution in [0.1, 0.15) is 62.1 Å². The Kier molecular flexibility index (Phi) is 3.87. The molecule has 18 heavy (non-hydrogen) atoms. The van der Waals surface area contributed by atoms with Gasteiger partial charge in [-0.3, -0.25) is 0 Å². The molecule has 0 bridgehead atoms. The standard InChI is InChI=1S/C13H16BrClN2O/c14-10-11(8-4-1-2-5-8)16-13(17-12(10)15)9-6-3-7-18-9/h8-9H,1-7H2. The Morgan fingerprint density at radius 3 is 2.56 bits per heavy atom. The van der Waals surface area contributed by atoms with Gasteiger partial charge in [-0.25, -0.2) is 9.97 Å². The summed E-state index contributed by atoms with van der Waals surface area (Å²) in [6.07, 6.45) is 7.11. The first-order valence-electron chi connectivity index (χ1n) is 6.60. The minimum Gasteiger partial charge on any atom is -0.370 e. The molecule has 1 aliphatic heterocycles. The second-order valence-corrected chi connectivity index (χ2v) is 6.21. The van der Waals surface area contributed by atoms with Crippen LogP contribution in [-0.4, -0.2) is 16.6 Å². The molecule has 1 saturated carbocycles. The molecule has 2 fully saturated rings. The first-order valence-corrected chi connectivity index (χ1v) is 7.77. The molecule has 0 aromatic carbocycles. The second-order valence-electron chi connectivity index (χ2n) is 5.05. The van der Waals surface area contributed by atoms with Gasteiger partial charge in [0.1, 0.15) is 11.3 Å². The number of ether oxygens (including phenoxy) is 1. The second kappa shape index (κ2) is 5.43. The Bertz CT molecular complexity index is 443. The zero-order valence-corrected chi connectivity index (χ0v) is 12.5. The average Bonchev–Trinajstić information content (AvgIpc) is 3.03. The highest BCUT2D eigenvalue weighted by Crippen LogP contribution is 2.39. The molecule has 1 atom stereocenters. The maximum absolute atomic E-state index is 6.22.